The Morgan fingerprint density at radius 3 is 3.08 bits per heavy atom. The predicted molar refractivity (Wildman–Crippen MR) is 91.8 cm³/mol. The molecular weight excluding hydrogens is 322 g/mol. The molecule has 1 aliphatic rings. The number of carbonyl (C=O) groups is 1. The fourth-order valence-corrected chi connectivity index (χ4v) is 3.36. The first-order chi connectivity index (χ1) is 11.7. The Morgan fingerprint density at radius 1 is 1.46 bits per heavy atom. The molecule has 7 heteroatoms. The van der Waals surface area contributed by atoms with Crippen LogP contribution < -0.4 is 5.32 Å². The molecule has 0 saturated heterocycles. The Bertz CT molecular complexity index is 853. The van der Waals surface area contributed by atoms with Gasteiger partial charge in [0.25, 0.3) is 5.91 Å². The molecule has 0 aliphatic heterocycles. The second kappa shape index (κ2) is 6.16. The summed E-state index contributed by atoms with van der Waals surface area (Å²) in [6.45, 7) is 1.93. The van der Waals surface area contributed by atoms with Gasteiger partial charge in [0.05, 0.1) is 11.7 Å². The van der Waals surface area contributed by atoms with Crippen molar-refractivity contribution in [2.75, 3.05) is 0 Å². The first kappa shape index (κ1) is 15.0. The Balaban J connectivity index is 1.44. The van der Waals surface area contributed by atoms with E-state index in [2.05, 4.69) is 25.5 Å². The standard InChI is InChI=1S/C17H17N5OS/c1-10(17-20-15(9-24-17)12-3-2-6-18-8-12)19-16(23)14-7-13(21-22-14)11-4-5-11/h2-3,6-11H,4-5H2,1H3,(H,19,23)(H,21,22). The first-order valence-corrected chi connectivity index (χ1v) is 8.80. The van der Waals surface area contributed by atoms with Crippen LogP contribution in [0.3, 0.4) is 0 Å². The highest BCUT2D eigenvalue weighted by atomic mass is 32.1. The maximum absolute atomic E-state index is 12.3. The highest BCUT2D eigenvalue weighted by molar-refractivity contribution is 7.10. The quantitative estimate of drug-likeness (QED) is 0.747. The van der Waals surface area contributed by atoms with Gasteiger partial charge in [-0.05, 0) is 38.0 Å². The van der Waals surface area contributed by atoms with Crippen LogP contribution in [0, 0.1) is 0 Å². The minimum atomic E-state index is -0.177. The highest BCUT2D eigenvalue weighted by Crippen LogP contribution is 2.39. The summed E-state index contributed by atoms with van der Waals surface area (Å²) in [5.41, 5.74) is 3.34. The van der Waals surface area contributed by atoms with Gasteiger partial charge in [0.2, 0.25) is 0 Å². The summed E-state index contributed by atoms with van der Waals surface area (Å²) in [5, 5.41) is 12.9. The average Bonchev–Trinajstić information content (AvgIpc) is 3.14. The number of carbonyl (C=O) groups excluding carboxylic acids is 1. The van der Waals surface area contributed by atoms with Gasteiger partial charge in [0, 0.05) is 34.9 Å². The number of aromatic nitrogens is 4. The number of hydrogen-bond acceptors (Lipinski definition) is 5. The molecule has 3 aromatic heterocycles. The molecule has 3 aromatic rings. The van der Waals surface area contributed by atoms with E-state index in [0.29, 0.717) is 11.6 Å². The lowest BCUT2D eigenvalue weighted by atomic mass is 10.2. The van der Waals surface area contributed by atoms with E-state index in [-0.39, 0.29) is 11.9 Å². The van der Waals surface area contributed by atoms with Crippen LogP contribution in [0.2, 0.25) is 0 Å². The van der Waals surface area contributed by atoms with Crippen molar-refractivity contribution in [2.24, 2.45) is 0 Å². The van der Waals surface area contributed by atoms with Crippen molar-refractivity contribution in [2.45, 2.75) is 31.7 Å². The number of aromatic amines is 1. The molecule has 0 aromatic carbocycles. The smallest absolute Gasteiger partial charge is 0.272 e. The molecular formula is C17H17N5OS. The maximum Gasteiger partial charge on any atom is 0.272 e. The second-order valence-corrected chi connectivity index (χ2v) is 6.88. The summed E-state index contributed by atoms with van der Waals surface area (Å²) in [6, 6.07) is 5.53. The molecule has 3 heterocycles. The number of H-pyrrole nitrogens is 1. The molecule has 0 bridgehead atoms. The fourth-order valence-electron chi connectivity index (χ4n) is 2.52. The van der Waals surface area contributed by atoms with Gasteiger partial charge in [-0.15, -0.1) is 11.3 Å². The number of rotatable bonds is 5. The van der Waals surface area contributed by atoms with Crippen LogP contribution in [0.5, 0.6) is 0 Å². The molecule has 1 aliphatic carbocycles. The SMILES string of the molecule is CC(NC(=O)c1cc(C2CC2)[nH]n1)c1nc(-c2cccnc2)cs1. The Labute approximate surface area is 143 Å². The van der Waals surface area contributed by atoms with Crippen LogP contribution in [0.4, 0.5) is 0 Å². The molecule has 0 spiro atoms. The third-order valence-electron chi connectivity index (χ3n) is 4.04. The lowest BCUT2D eigenvalue weighted by Crippen LogP contribution is -2.26. The topological polar surface area (TPSA) is 83.6 Å². The van der Waals surface area contributed by atoms with Crippen LogP contribution in [0.1, 0.15) is 52.9 Å². The third kappa shape index (κ3) is 3.07. The lowest BCUT2D eigenvalue weighted by Gasteiger charge is -2.09. The summed E-state index contributed by atoms with van der Waals surface area (Å²) in [4.78, 5) is 21.0. The molecule has 6 nitrogen and oxygen atoms in total. The van der Waals surface area contributed by atoms with Gasteiger partial charge in [-0.1, -0.05) is 0 Å². The van der Waals surface area contributed by atoms with Crippen LogP contribution in [0.15, 0.2) is 36.0 Å². The molecule has 1 saturated carbocycles. The zero-order chi connectivity index (χ0) is 16.5. The molecule has 4 rings (SSSR count). The maximum atomic E-state index is 12.3. The van der Waals surface area contributed by atoms with E-state index in [1.807, 2.05) is 30.5 Å². The van der Waals surface area contributed by atoms with Gasteiger partial charge < -0.3 is 5.32 Å². The lowest BCUT2D eigenvalue weighted by molar-refractivity contribution is 0.0934. The van der Waals surface area contributed by atoms with Crippen LogP contribution in [-0.2, 0) is 0 Å². The number of nitrogens with one attached hydrogen (secondary N) is 2. The minimum Gasteiger partial charge on any atom is -0.342 e. The van der Waals surface area contributed by atoms with Crippen molar-refractivity contribution in [1.82, 2.24) is 25.5 Å². The van der Waals surface area contributed by atoms with E-state index in [9.17, 15) is 4.79 Å². The van der Waals surface area contributed by atoms with Gasteiger partial charge in [-0.3, -0.25) is 14.9 Å². The van der Waals surface area contributed by atoms with Crippen molar-refractivity contribution in [3.05, 3.63) is 52.4 Å². The number of hydrogen-bond donors (Lipinski definition) is 2. The fraction of sp³-hybridized carbons (Fsp3) is 0.294. The highest BCUT2D eigenvalue weighted by Gasteiger charge is 2.27. The average molecular weight is 339 g/mol. The van der Waals surface area contributed by atoms with Gasteiger partial charge in [0.15, 0.2) is 0 Å². The Kier molecular flexibility index (Phi) is 3.86. The van der Waals surface area contributed by atoms with E-state index in [4.69, 9.17) is 0 Å². The largest absolute Gasteiger partial charge is 0.342 e. The molecule has 122 valence electrons. The van der Waals surface area contributed by atoms with E-state index >= 15 is 0 Å². The van der Waals surface area contributed by atoms with Gasteiger partial charge in [-0.25, -0.2) is 4.98 Å². The molecule has 24 heavy (non-hydrogen) atoms. The number of nitrogens with zero attached hydrogens (tertiary/aromatic N) is 3. The summed E-state index contributed by atoms with van der Waals surface area (Å²) in [5.74, 6) is 0.376. The van der Waals surface area contributed by atoms with Crippen molar-refractivity contribution < 1.29 is 4.79 Å². The third-order valence-corrected chi connectivity index (χ3v) is 5.07. The molecule has 1 atom stereocenters. The van der Waals surface area contributed by atoms with Gasteiger partial charge in [-0.2, -0.15) is 5.10 Å². The van der Waals surface area contributed by atoms with E-state index in [1.54, 1.807) is 12.4 Å². The van der Waals surface area contributed by atoms with Crippen molar-refractivity contribution in [3.63, 3.8) is 0 Å². The summed E-state index contributed by atoms with van der Waals surface area (Å²) in [6.07, 6.45) is 5.87. The number of amides is 1. The first-order valence-electron chi connectivity index (χ1n) is 7.92. The van der Waals surface area contributed by atoms with Gasteiger partial charge >= 0.3 is 0 Å². The molecule has 1 amide bonds. The zero-order valence-corrected chi connectivity index (χ0v) is 14.0. The Hall–Kier alpha value is -2.54. The molecule has 1 fully saturated rings. The summed E-state index contributed by atoms with van der Waals surface area (Å²) in [7, 11) is 0. The van der Waals surface area contributed by atoms with Crippen molar-refractivity contribution in [3.8, 4) is 11.3 Å². The van der Waals surface area contributed by atoms with E-state index < -0.39 is 0 Å². The predicted octanol–water partition coefficient (Wildman–Crippen LogP) is 3.30. The monoisotopic (exact) mass is 339 g/mol. The Morgan fingerprint density at radius 2 is 2.33 bits per heavy atom. The van der Waals surface area contributed by atoms with Crippen LogP contribution >= 0.6 is 11.3 Å². The van der Waals surface area contributed by atoms with Crippen molar-refractivity contribution >= 4 is 17.2 Å². The van der Waals surface area contributed by atoms with Crippen LogP contribution in [-0.4, -0.2) is 26.1 Å². The zero-order valence-electron chi connectivity index (χ0n) is 13.2. The van der Waals surface area contributed by atoms with E-state index in [1.165, 1.54) is 24.2 Å². The molecule has 1 unspecified atom stereocenters. The summed E-state index contributed by atoms with van der Waals surface area (Å²) >= 11 is 1.53. The van der Waals surface area contributed by atoms with Gasteiger partial charge in [0.1, 0.15) is 10.7 Å². The van der Waals surface area contributed by atoms with E-state index in [0.717, 1.165) is 22.0 Å². The summed E-state index contributed by atoms with van der Waals surface area (Å²) < 4.78 is 0. The van der Waals surface area contributed by atoms with Crippen molar-refractivity contribution in [1.29, 1.82) is 0 Å². The molecule has 0 radical (unpaired) electrons. The molecule has 2 N–H and O–H groups in total. The number of pyridine rings is 1. The number of thiazole rings is 1. The minimum absolute atomic E-state index is 0.172. The normalized spacial score (nSPS) is 15.2. The van der Waals surface area contributed by atoms with Crippen LogP contribution in [0.25, 0.3) is 11.3 Å². The second-order valence-electron chi connectivity index (χ2n) is 5.99.